The number of nitrogens with zero attached hydrogens (tertiary/aromatic N) is 1. The molecule has 12 heavy (non-hydrogen) atoms. The zero-order chi connectivity index (χ0) is 9.61. The zero-order valence-electron chi connectivity index (χ0n) is 6.27. The second kappa shape index (κ2) is 5.05. The molecule has 0 aromatic heterocycles. The Bertz CT molecular complexity index is 255. The summed E-state index contributed by atoms with van der Waals surface area (Å²) < 4.78 is 23.4. The van der Waals surface area contributed by atoms with Crippen molar-refractivity contribution in [2.45, 2.75) is 6.10 Å². The molecular formula is C5H10N2O4S. The molecule has 0 saturated carbocycles. The van der Waals surface area contributed by atoms with Crippen molar-refractivity contribution in [2.24, 2.45) is 0 Å². The number of aliphatic hydroxyl groups is 2. The summed E-state index contributed by atoms with van der Waals surface area (Å²) in [4.78, 5) is 0. The fraction of sp³-hybridized carbons (Fsp3) is 0.800. The van der Waals surface area contributed by atoms with Gasteiger partial charge in [-0.1, -0.05) is 0 Å². The number of rotatable bonds is 5. The minimum atomic E-state index is -3.62. The van der Waals surface area contributed by atoms with Crippen molar-refractivity contribution >= 4 is 10.0 Å². The third-order valence-electron chi connectivity index (χ3n) is 1.00. The highest BCUT2D eigenvalue weighted by Gasteiger charge is 2.11. The maximum Gasteiger partial charge on any atom is 0.225 e. The van der Waals surface area contributed by atoms with Gasteiger partial charge in [-0.3, -0.25) is 0 Å². The molecule has 0 bridgehead atoms. The lowest BCUT2D eigenvalue weighted by molar-refractivity contribution is 0.0988. The first-order valence-electron chi connectivity index (χ1n) is 3.15. The van der Waals surface area contributed by atoms with Gasteiger partial charge in [0.1, 0.15) is 0 Å². The summed E-state index contributed by atoms with van der Waals surface area (Å²) in [5, 5.41) is 25.1. The van der Waals surface area contributed by atoms with Gasteiger partial charge in [-0.2, -0.15) is 5.26 Å². The van der Waals surface area contributed by atoms with E-state index in [0.717, 1.165) is 0 Å². The van der Waals surface area contributed by atoms with Gasteiger partial charge in [-0.05, 0) is 0 Å². The van der Waals surface area contributed by atoms with Gasteiger partial charge in [0.2, 0.25) is 10.0 Å². The molecule has 0 radical (unpaired) electrons. The zero-order valence-corrected chi connectivity index (χ0v) is 7.08. The normalized spacial score (nSPS) is 13.8. The fourth-order valence-electron chi connectivity index (χ4n) is 0.424. The van der Waals surface area contributed by atoms with Crippen molar-refractivity contribution < 1.29 is 18.6 Å². The Labute approximate surface area is 70.5 Å². The molecule has 1 unspecified atom stereocenters. The van der Waals surface area contributed by atoms with Crippen LogP contribution in [0, 0.1) is 11.3 Å². The lowest BCUT2D eigenvalue weighted by Crippen LogP contribution is -2.34. The number of hydrogen-bond donors (Lipinski definition) is 3. The smallest absolute Gasteiger partial charge is 0.225 e. The van der Waals surface area contributed by atoms with Crippen molar-refractivity contribution in [1.29, 1.82) is 5.26 Å². The largest absolute Gasteiger partial charge is 0.394 e. The van der Waals surface area contributed by atoms with E-state index in [9.17, 15) is 8.42 Å². The van der Waals surface area contributed by atoms with E-state index in [1.54, 1.807) is 0 Å². The Kier molecular flexibility index (Phi) is 4.77. The second-order valence-electron chi connectivity index (χ2n) is 2.10. The number of hydrogen-bond acceptors (Lipinski definition) is 5. The van der Waals surface area contributed by atoms with Crippen molar-refractivity contribution in [1.82, 2.24) is 4.72 Å². The summed E-state index contributed by atoms with van der Waals surface area (Å²) in [7, 11) is -3.62. The van der Waals surface area contributed by atoms with Crippen LogP contribution in [0.3, 0.4) is 0 Å². The molecule has 3 N–H and O–H groups in total. The van der Waals surface area contributed by atoms with Crippen molar-refractivity contribution in [2.75, 3.05) is 18.9 Å². The molecule has 0 aliphatic rings. The summed E-state index contributed by atoms with van der Waals surface area (Å²) in [6.07, 6.45) is -1.13. The Hall–Kier alpha value is -0.680. The predicted molar refractivity (Wildman–Crippen MR) is 40.5 cm³/mol. The molecule has 6 nitrogen and oxygen atoms in total. The fourth-order valence-corrected chi connectivity index (χ4v) is 1.14. The SMILES string of the molecule is N#CCS(=O)(=O)NCC(O)CO. The average Bonchev–Trinajstić information content (AvgIpc) is 2.00. The van der Waals surface area contributed by atoms with Crippen LogP contribution in [0.25, 0.3) is 0 Å². The van der Waals surface area contributed by atoms with E-state index in [-0.39, 0.29) is 6.54 Å². The lowest BCUT2D eigenvalue weighted by atomic mass is 10.4. The third kappa shape index (κ3) is 5.03. The molecule has 0 amide bonds. The van der Waals surface area contributed by atoms with Crippen LogP contribution in [-0.2, 0) is 10.0 Å². The van der Waals surface area contributed by atoms with Gasteiger partial charge in [0.15, 0.2) is 5.75 Å². The highest BCUT2D eigenvalue weighted by atomic mass is 32.2. The van der Waals surface area contributed by atoms with Gasteiger partial charge >= 0.3 is 0 Å². The molecule has 0 aliphatic carbocycles. The van der Waals surface area contributed by atoms with Gasteiger partial charge in [0, 0.05) is 6.54 Å². The maximum absolute atomic E-state index is 10.7. The van der Waals surface area contributed by atoms with E-state index in [4.69, 9.17) is 15.5 Å². The van der Waals surface area contributed by atoms with Gasteiger partial charge in [-0.25, -0.2) is 13.1 Å². The van der Waals surface area contributed by atoms with Crippen molar-refractivity contribution in [3.05, 3.63) is 0 Å². The molecule has 0 aromatic carbocycles. The highest BCUT2D eigenvalue weighted by Crippen LogP contribution is 1.84. The topological polar surface area (TPSA) is 110 Å². The van der Waals surface area contributed by atoms with E-state index in [0.29, 0.717) is 0 Å². The molecule has 7 heteroatoms. The Balaban J connectivity index is 3.86. The summed E-state index contributed by atoms with van der Waals surface area (Å²) in [5.74, 6) is -0.648. The van der Waals surface area contributed by atoms with Crippen LogP contribution < -0.4 is 4.72 Å². The highest BCUT2D eigenvalue weighted by molar-refractivity contribution is 7.89. The summed E-state index contributed by atoms with van der Waals surface area (Å²) in [6.45, 7) is -0.796. The minimum absolute atomic E-state index is 0.277. The van der Waals surface area contributed by atoms with Crippen molar-refractivity contribution in [3.63, 3.8) is 0 Å². The van der Waals surface area contributed by atoms with Crippen LogP contribution in [0.15, 0.2) is 0 Å². The Morgan fingerprint density at radius 3 is 2.58 bits per heavy atom. The van der Waals surface area contributed by atoms with Gasteiger partial charge in [0.05, 0.1) is 18.8 Å². The molecular weight excluding hydrogens is 184 g/mol. The number of nitriles is 1. The molecule has 0 aromatic rings. The van der Waals surface area contributed by atoms with E-state index in [1.165, 1.54) is 6.07 Å². The Morgan fingerprint density at radius 1 is 1.58 bits per heavy atom. The van der Waals surface area contributed by atoms with E-state index in [2.05, 4.69) is 0 Å². The standard InChI is InChI=1S/C5H10N2O4S/c6-1-2-12(10,11)7-3-5(9)4-8/h5,7-9H,2-4H2. The molecule has 0 saturated heterocycles. The quantitative estimate of drug-likeness (QED) is 0.459. The molecule has 0 spiro atoms. The summed E-state index contributed by atoms with van der Waals surface area (Å²) >= 11 is 0. The van der Waals surface area contributed by atoms with E-state index in [1.807, 2.05) is 4.72 Å². The van der Waals surface area contributed by atoms with Crippen LogP contribution in [0.1, 0.15) is 0 Å². The van der Waals surface area contributed by atoms with Crippen LogP contribution in [0.4, 0.5) is 0 Å². The van der Waals surface area contributed by atoms with Crippen LogP contribution in [0.2, 0.25) is 0 Å². The minimum Gasteiger partial charge on any atom is -0.394 e. The molecule has 0 fully saturated rings. The number of nitrogens with one attached hydrogen (secondary N) is 1. The van der Waals surface area contributed by atoms with Crippen LogP contribution >= 0.6 is 0 Å². The van der Waals surface area contributed by atoms with E-state index < -0.39 is 28.5 Å². The van der Waals surface area contributed by atoms with Gasteiger partial charge in [0.25, 0.3) is 0 Å². The van der Waals surface area contributed by atoms with Gasteiger partial charge < -0.3 is 10.2 Å². The van der Waals surface area contributed by atoms with Crippen LogP contribution in [-0.4, -0.2) is 43.6 Å². The first kappa shape index (κ1) is 11.3. The molecule has 1 atom stereocenters. The first-order chi connectivity index (χ1) is 5.52. The monoisotopic (exact) mass is 194 g/mol. The van der Waals surface area contributed by atoms with Crippen LogP contribution in [0.5, 0.6) is 0 Å². The molecule has 0 rings (SSSR count). The van der Waals surface area contributed by atoms with Gasteiger partial charge in [-0.15, -0.1) is 0 Å². The third-order valence-corrected chi connectivity index (χ3v) is 2.12. The lowest BCUT2D eigenvalue weighted by Gasteiger charge is -2.06. The number of sulfonamides is 1. The molecule has 0 heterocycles. The molecule has 70 valence electrons. The summed E-state index contributed by atoms with van der Waals surface area (Å²) in [6, 6.07) is 1.46. The van der Waals surface area contributed by atoms with E-state index >= 15 is 0 Å². The maximum atomic E-state index is 10.7. The summed E-state index contributed by atoms with van der Waals surface area (Å²) in [5.41, 5.74) is 0. The molecule has 0 aliphatic heterocycles. The predicted octanol–water partition coefficient (Wildman–Crippen LogP) is -2.22. The average molecular weight is 194 g/mol. The first-order valence-corrected chi connectivity index (χ1v) is 4.80. The van der Waals surface area contributed by atoms with Crippen molar-refractivity contribution in [3.8, 4) is 6.07 Å². The second-order valence-corrected chi connectivity index (χ2v) is 3.91. The number of aliphatic hydroxyl groups excluding tert-OH is 2. The Morgan fingerprint density at radius 2 is 2.17 bits per heavy atom.